The van der Waals surface area contributed by atoms with Gasteiger partial charge in [-0.15, -0.1) is 0 Å². The van der Waals surface area contributed by atoms with Crippen LogP contribution in [0.25, 0.3) is 0 Å². The third-order valence-corrected chi connectivity index (χ3v) is 5.38. The van der Waals surface area contributed by atoms with E-state index >= 15 is 0 Å². The fourth-order valence-electron chi connectivity index (χ4n) is 2.29. The topological polar surface area (TPSA) is 77.0 Å². The van der Waals surface area contributed by atoms with Crippen molar-refractivity contribution in [3.8, 4) is 0 Å². The number of allylic oxidation sites excluding steroid dienone is 3. The summed E-state index contributed by atoms with van der Waals surface area (Å²) in [4.78, 5) is 4.58. The molecule has 0 spiro atoms. The molecular weight excluding hydrogens is 340 g/mol. The number of hydrogen-bond acceptors (Lipinski definition) is 5. The lowest BCUT2D eigenvalue weighted by molar-refractivity contribution is 0.274. The predicted molar refractivity (Wildman–Crippen MR) is 101 cm³/mol. The number of nitrogens with one attached hydrogen (secondary N) is 1. The molecule has 1 N–H and O–H groups in total. The lowest BCUT2D eigenvalue weighted by Crippen LogP contribution is -2.28. The van der Waals surface area contributed by atoms with Gasteiger partial charge in [0.25, 0.3) is 10.0 Å². The van der Waals surface area contributed by atoms with Gasteiger partial charge in [0, 0.05) is 6.42 Å². The molecule has 0 aromatic carbocycles. The number of ether oxygens (including phenoxy) is 2. The van der Waals surface area contributed by atoms with E-state index in [2.05, 4.69) is 36.7 Å². The molecule has 0 unspecified atom stereocenters. The molecule has 25 heavy (non-hydrogen) atoms. The van der Waals surface area contributed by atoms with Crippen molar-refractivity contribution >= 4 is 15.9 Å². The monoisotopic (exact) mass is 368 g/mol. The molecule has 0 fully saturated rings. The van der Waals surface area contributed by atoms with Gasteiger partial charge in [0.05, 0.1) is 29.3 Å². The zero-order valence-corrected chi connectivity index (χ0v) is 16.4. The summed E-state index contributed by atoms with van der Waals surface area (Å²) in [5.74, 6) is 1.10. The lowest BCUT2D eigenvalue weighted by atomic mass is 10.1. The Morgan fingerprint density at radius 3 is 2.56 bits per heavy atom. The maximum Gasteiger partial charge on any atom is 0.261 e. The van der Waals surface area contributed by atoms with Crippen LogP contribution in [-0.2, 0) is 19.5 Å². The van der Waals surface area contributed by atoms with Crippen molar-refractivity contribution in [3.63, 3.8) is 0 Å². The Bertz CT molecular complexity index is 709. The molecule has 0 bridgehead atoms. The van der Waals surface area contributed by atoms with Crippen LogP contribution in [0, 0.1) is 5.92 Å². The Morgan fingerprint density at radius 1 is 1.52 bits per heavy atom. The first kappa shape index (κ1) is 21.0. The molecule has 1 heterocycles. The first-order valence-electron chi connectivity index (χ1n) is 8.20. The molecular formula is C18H28N2O4S. The molecule has 0 aliphatic carbocycles. The summed E-state index contributed by atoms with van der Waals surface area (Å²) in [7, 11) is -2.32. The van der Waals surface area contributed by atoms with E-state index in [-0.39, 0.29) is 16.6 Å². The predicted octanol–water partition coefficient (Wildman–Crippen LogP) is 3.27. The molecule has 140 valence electrons. The van der Waals surface area contributed by atoms with E-state index in [9.17, 15) is 8.42 Å². The number of hydrogen-bond donors (Lipinski definition) is 1. The Morgan fingerprint density at radius 2 is 2.16 bits per heavy atom. The summed E-state index contributed by atoms with van der Waals surface area (Å²) in [6.45, 7) is 15.6. The van der Waals surface area contributed by atoms with E-state index in [4.69, 9.17) is 9.47 Å². The third kappa shape index (κ3) is 4.98. The minimum absolute atomic E-state index is 0.0245. The van der Waals surface area contributed by atoms with Crippen LogP contribution in [-0.4, -0.2) is 34.1 Å². The van der Waals surface area contributed by atoms with Gasteiger partial charge >= 0.3 is 0 Å². The highest BCUT2D eigenvalue weighted by molar-refractivity contribution is 7.93. The van der Waals surface area contributed by atoms with Gasteiger partial charge < -0.3 is 9.47 Å². The van der Waals surface area contributed by atoms with Crippen LogP contribution in [0.15, 0.2) is 52.2 Å². The summed E-state index contributed by atoms with van der Waals surface area (Å²) in [5, 5.41) is 0. The van der Waals surface area contributed by atoms with Gasteiger partial charge in [0.1, 0.15) is 12.4 Å². The highest BCUT2D eigenvalue weighted by atomic mass is 32.2. The zero-order chi connectivity index (χ0) is 19.2. The summed E-state index contributed by atoms with van der Waals surface area (Å²) >= 11 is 0. The van der Waals surface area contributed by atoms with Gasteiger partial charge in [-0.25, -0.2) is 13.4 Å². The van der Waals surface area contributed by atoms with Crippen LogP contribution < -0.4 is 4.72 Å². The molecule has 0 aromatic rings. The maximum absolute atomic E-state index is 12.6. The molecule has 0 saturated carbocycles. The summed E-state index contributed by atoms with van der Waals surface area (Å²) in [6, 6.07) is 0.0245. The van der Waals surface area contributed by atoms with E-state index in [1.54, 1.807) is 6.92 Å². The summed E-state index contributed by atoms with van der Waals surface area (Å²) in [6.07, 6.45) is 3.22. The molecule has 0 saturated heterocycles. The smallest absolute Gasteiger partial charge is 0.261 e. The third-order valence-electron chi connectivity index (χ3n) is 3.88. The van der Waals surface area contributed by atoms with E-state index in [0.29, 0.717) is 36.2 Å². The average molecular weight is 368 g/mol. The molecule has 1 aliphatic heterocycles. The highest BCUT2D eigenvalue weighted by Crippen LogP contribution is 2.24. The van der Waals surface area contributed by atoms with Gasteiger partial charge in [0.2, 0.25) is 5.90 Å². The molecule has 0 amide bonds. The first-order chi connectivity index (χ1) is 11.7. The van der Waals surface area contributed by atoms with Gasteiger partial charge in [-0.3, -0.25) is 4.72 Å². The summed E-state index contributed by atoms with van der Waals surface area (Å²) in [5.41, 5.74) is 0.597. The molecule has 1 rings (SSSR count). The molecule has 6 nitrogen and oxygen atoms in total. The number of methoxy groups -OCH3 is 1. The van der Waals surface area contributed by atoms with E-state index in [1.807, 2.05) is 6.92 Å². The summed E-state index contributed by atoms with van der Waals surface area (Å²) < 4.78 is 38.7. The SMILES string of the molecule is C=C/C(=C\C)S(=O)(=O)N/C(C(=C)C1=N[C@H](C(C)C)CO1)=C(/CC)OC. The standard InChI is InChI=1S/C18H28N2O4S/c1-8-14(9-2)25(21,22)20-17(16(10-3)23-7)13(6)18-19-15(11-24-18)12(4)5/h8-9,12,15,20H,1,6,10-11H2,2-5,7H3/b14-9+,17-16-/t15-/m0/s1. The second-order valence-corrected chi connectivity index (χ2v) is 7.57. The second-order valence-electron chi connectivity index (χ2n) is 5.89. The molecule has 0 aromatic heterocycles. The molecule has 7 heteroatoms. The fourth-order valence-corrected chi connectivity index (χ4v) is 3.44. The second kappa shape index (κ2) is 8.89. The van der Waals surface area contributed by atoms with Crippen molar-refractivity contribution in [3.05, 3.63) is 47.2 Å². The van der Waals surface area contributed by atoms with Gasteiger partial charge in [0.15, 0.2) is 0 Å². The van der Waals surface area contributed by atoms with Gasteiger partial charge in [-0.05, 0) is 18.9 Å². The zero-order valence-electron chi connectivity index (χ0n) is 15.6. The van der Waals surface area contributed by atoms with Crippen LogP contribution >= 0.6 is 0 Å². The Labute approximate surface area is 151 Å². The first-order valence-corrected chi connectivity index (χ1v) is 9.69. The van der Waals surface area contributed by atoms with Gasteiger partial charge in [-0.1, -0.05) is 40.0 Å². The van der Waals surface area contributed by atoms with E-state index in [1.165, 1.54) is 19.3 Å². The number of nitrogens with zero attached hydrogens (tertiary/aromatic N) is 1. The van der Waals surface area contributed by atoms with Crippen LogP contribution in [0.2, 0.25) is 0 Å². The number of aliphatic imine (C=N–C) groups is 1. The van der Waals surface area contributed by atoms with E-state index < -0.39 is 10.0 Å². The largest absolute Gasteiger partial charge is 0.499 e. The van der Waals surface area contributed by atoms with Crippen molar-refractivity contribution in [2.24, 2.45) is 10.9 Å². The van der Waals surface area contributed by atoms with Crippen LogP contribution in [0.4, 0.5) is 0 Å². The molecule has 0 radical (unpaired) electrons. The Hall–Kier alpha value is -2.02. The maximum atomic E-state index is 12.6. The minimum Gasteiger partial charge on any atom is -0.499 e. The van der Waals surface area contributed by atoms with Crippen LogP contribution in [0.1, 0.15) is 34.1 Å². The van der Waals surface area contributed by atoms with Crippen molar-refractivity contribution in [2.45, 2.75) is 40.2 Å². The fraction of sp³-hybridized carbons (Fsp3) is 0.500. The average Bonchev–Trinajstić information content (AvgIpc) is 3.05. The Kier molecular flexibility index (Phi) is 7.48. The molecule has 1 atom stereocenters. The van der Waals surface area contributed by atoms with Crippen molar-refractivity contribution < 1.29 is 17.9 Å². The lowest BCUT2D eigenvalue weighted by Gasteiger charge is -2.18. The van der Waals surface area contributed by atoms with Crippen molar-refractivity contribution in [2.75, 3.05) is 13.7 Å². The van der Waals surface area contributed by atoms with E-state index in [0.717, 1.165) is 0 Å². The van der Waals surface area contributed by atoms with Crippen LogP contribution in [0.3, 0.4) is 0 Å². The molecule has 1 aliphatic rings. The minimum atomic E-state index is -3.81. The number of sulfonamides is 1. The quantitative estimate of drug-likeness (QED) is 0.500. The normalized spacial score (nSPS) is 19.0. The highest BCUT2D eigenvalue weighted by Gasteiger charge is 2.28. The number of rotatable bonds is 9. The Balaban J connectivity index is 3.29. The van der Waals surface area contributed by atoms with Crippen LogP contribution in [0.5, 0.6) is 0 Å². The van der Waals surface area contributed by atoms with Crippen molar-refractivity contribution in [1.29, 1.82) is 0 Å². The van der Waals surface area contributed by atoms with Gasteiger partial charge in [-0.2, -0.15) is 0 Å². The van der Waals surface area contributed by atoms with Crippen molar-refractivity contribution in [1.82, 2.24) is 4.72 Å².